The molecule has 2 aromatic rings. The van der Waals surface area contributed by atoms with E-state index in [2.05, 4.69) is 21.0 Å². The zero-order valence-electron chi connectivity index (χ0n) is 8.07. The van der Waals surface area contributed by atoms with Crippen molar-refractivity contribution in [3.8, 4) is 11.5 Å². The molecule has 0 aliphatic rings. The number of carboxylic acid groups (broad SMARTS) is 1. The summed E-state index contributed by atoms with van der Waals surface area (Å²) in [5, 5.41) is 13.0. The SMILES string of the molecule is Cn1ncc(Br)c1-c1oc(C(=O)O)cc1Cl. The summed E-state index contributed by atoms with van der Waals surface area (Å²) in [5.74, 6) is -1.08. The average Bonchev–Trinajstić information content (AvgIpc) is 2.71. The fourth-order valence-electron chi connectivity index (χ4n) is 1.30. The molecule has 0 atom stereocenters. The van der Waals surface area contributed by atoms with Crippen LogP contribution in [0.15, 0.2) is 21.2 Å². The summed E-state index contributed by atoms with van der Waals surface area (Å²) in [5.41, 5.74) is 0.595. The van der Waals surface area contributed by atoms with Crippen molar-refractivity contribution in [1.82, 2.24) is 9.78 Å². The van der Waals surface area contributed by atoms with Gasteiger partial charge in [0.2, 0.25) is 5.76 Å². The Hall–Kier alpha value is -1.27. The second-order valence-corrected chi connectivity index (χ2v) is 4.32. The number of rotatable bonds is 2. The third-order valence-electron chi connectivity index (χ3n) is 2.01. The quantitative estimate of drug-likeness (QED) is 0.926. The highest BCUT2D eigenvalue weighted by molar-refractivity contribution is 9.10. The second-order valence-electron chi connectivity index (χ2n) is 3.06. The molecular weight excluding hydrogens is 299 g/mol. The zero-order valence-corrected chi connectivity index (χ0v) is 10.4. The van der Waals surface area contributed by atoms with Gasteiger partial charge in [-0.3, -0.25) is 4.68 Å². The number of aromatic carboxylic acids is 1. The molecule has 2 aromatic heterocycles. The number of hydrogen-bond acceptors (Lipinski definition) is 3. The number of halogens is 2. The van der Waals surface area contributed by atoms with E-state index in [0.29, 0.717) is 10.2 Å². The number of carbonyl (C=O) groups is 1. The van der Waals surface area contributed by atoms with Gasteiger partial charge in [0.15, 0.2) is 5.76 Å². The molecule has 16 heavy (non-hydrogen) atoms. The number of carboxylic acids is 1. The largest absolute Gasteiger partial charge is 0.475 e. The van der Waals surface area contributed by atoms with Crippen LogP contribution in [0.5, 0.6) is 0 Å². The molecule has 0 spiro atoms. The average molecular weight is 306 g/mol. The van der Waals surface area contributed by atoms with Crippen molar-refractivity contribution in [1.29, 1.82) is 0 Å². The van der Waals surface area contributed by atoms with Crippen molar-refractivity contribution in [3.63, 3.8) is 0 Å². The standard InChI is InChI=1S/C9H6BrClN2O3/c1-13-7(4(10)3-12-13)8-5(11)2-6(16-8)9(14)15/h2-3H,1H3,(H,14,15). The molecular formula is C9H6BrClN2O3. The normalized spacial score (nSPS) is 10.7. The van der Waals surface area contributed by atoms with E-state index in [-0.39, 0.29) is 16.5 Å². The molecule has 0 radical (unpaired) electrons. The Labute approximate surface area is 104 Å². The van der Waals surface area contributed by atoms with Gasteiger partial charge in [-0.2, -0.15) is 5.10 Å². The lowest BCUT2D eigenvalue weighted by Gasteiger charge is -1.99. The molecule has 0 aliphatic heterocycles. The van der Waals surface area contributed by atoms with Crippen molar-refractivity contribution in [2.75, 3.05) is 0 Å². The Morgan fingerprint density at radius 1 is 1.69 bits per heavy atom. The van der Waals surface area contributed by atoms with Gasteiger partial charge in [-0.25, -0.2) is 4.79 Å². The van der Waals surface area contributed by atoms with Crippen molar-refractivity contribution < 1.29 is 14.3 Å². The predicted octanol–water partition coefficient (Wildman–Crippen LogP) is 2.79. The van der Waals surface area contributed by atoms with Crippen LogP contribution in [0.2, 0.25) is 5.02 Å². The third-order valence-corrected chi connectivity index (χ3v) is 2.87. The Kier molecular flexibility index (Phi) is 2.77. The number of aromatic nitrogens is 2. The molecule has 7 heteroatoms. The first-order valence-electron chi connectivity index (χ1n) is 4.21. The number of hydrogen-bond donors (Lipinski definition) is 1. The highest BCUT2D eigenvalue weighted by Gasteiger charge is 2.20. The summed E-state index contributed by atoms with van der Waals surface area (Å²) in [6.07, 6.45) is 1.58. The van der Waals surface area contributed by atoms with Crippen molar-refractivity contribution in [2.45, 2.75) is 0 Å². The first kappa shape index (κ1) is 11.2. The van der Waals surface area contributed by atoms with Gasteiger partial charge in [0.25, 0.3) is 0 Å². The monoisotopic (exact) mass is 304 g/mol. The summed E-state index contributed by atoms with van der Waals surface area (Å²) in [4.78, 5) is 10.7. The van der Waals surface area contributed by atoms with Crippen LogP contribution in [0.1, 0.15) is 10.6 Å². The molecule has 2 heterocycles. The fourth-order valence-corrected chi connectivity index (χ4v) is 2.06. The van der Waals surface area contributed by atoms with Gasteiger partial charge in [-0.05, 0) is 15.9 Å². The Bertz CT molecular complexity index is 542. The van der Waals surface area contributed by atoms with Crippen LogP contribution in [-0.2, 0) is 7.05 Å². The Balaban J connectivity index is 2.61. The molecule has 84 valence electrons. The van der Waals surface area contributed by atoms with E-state index in [1.54, 1.807) is 17.9 Å². The maximum atomic E-state index is 10.7. The number of furan rings is 1. The Morgan fingerprint density at radius 2 is 2.38 bits per heavy atom. The smallest absolute Gasteiger partial charge is 0.371 e. The summed E-state index contributed by atoms with van der Waals surface area (Å²) >= 11 is 9.19. The maximum Gasteiger partial charge on any atom is 0.371 e. The van der Waals surface area contributed by atoms with E-state index in [1.807, 2.05) is 0 Å². The topological polar surface area (TPSA) is 68.3 Å². The van der Waals surface area contributed by atoms with Crippen LogP contribution in [0.4, 0.5) is 0 Å². The molecule has 0 aromatic carbocycles. The molecule has 0 fully saturated rings. The molecule has 0 saturated heterocycles. The van der Waals surface area contributed by atoms with E-state index in [9.17, 15) is 4.79 Å². The lowest BCUT2D eigenvalue weighted by atomic mass is 10.3. The van der Waals surface area contributed by atoms with Gasteiger partial charge in [-0.15, -0.1) is 0 Å². The second kappa shape index (κ2) is 3.95. The van der Waals surface area contributed by atoms with E-state index in [4.69, 9.17) is 21.1 Å². The van der Waals surface area contributed by atoms with E-state index in [0.717, 1.165) is 0 Å². The summed E-state index contributed by atoms with van der Waals surface area (Å²) in [7, 11) is 1.71. The third kappa shape index (κ3) is 1.74. The summed E-state index contributed by atoms with van der Waals surface area (Å²) in [6.45, 7) is 0. The van der Waals surface area contributed by atoms with Gasteiger partial charge in [0.05, 0.1) is 15.7 Å². The van der Waals surface area contributed by atoms with Crippen LogP contribution < -0.4 is 0 Å². The number of aryl methyl sites for hydroxylation is 1. The van der Waals surface area contributed by atoms with Gasteiger partial charge < -0.3 is 9.52 Å². The molecule has 0 bridgehead atoms. The molecule has 2 rings (SSSR count). The van der Waals surface area contributed by atoms with Gasteiger partial charge >= 0.3 is 5.97 Å². The minimum atomic E-state index is -1.16. The van der Waals surface area contributed by atoms with Crippen LogP contribution in [0, 0.1) is 0 Å². The predicted molar refractivity (Wildman–Crippen MR) is 60.6 cm³/mol. The lowest BCUT2D eigenvalue weighted by molar-refractivity contribution is 0.0663. The molecule has 5 nitrogen and oxygen atoms in total. The van der Waals surface area contributed by atoms with Crippen molar-refractivity contribution in [2.24, 2.45) is 7.05 Å². The van der Waals surface area contributed by atoms with Crippen molar-refractivity contribution in [3.05, 3.63) is 27.5 Å². The van der Waals surface area contributed by atoms with Crippen LogP contribution in [0.25, 0.3) is 11.5 Å². The summed E-state index contributed by atoms with van der Waals surface area (Å²) in [6, 6.07) is 1.26. The van der Waals surface area contributed by atoms with E-state index in [1.165, 1.54) is 6.07 Å². The highest BCUT2D eigenvalue weighted by atomic mass is 79.9. The van der Waals surface area contributed by atoms with Gasteiger partial charge in [0.1, 0.15) is 5.69 Å². The number of nitrogens with zero attached hydrogens (tertiary/aromatic N) is 2. The minimum Gasteiger partial charge on any atom is -0.475 e. The van der Waals surface area contributed by atoms with Crippen LogP contribution in [0.3, 0.4) is 0 Å². The van der Waals surface area contributed by atoms with Gasteiger partial charge in [-0.1, -0.05) is 11.6 Å². The summed E-state index contributed by atoms with van der Waals surface area (Å²) < 4.78 is 7.39. The maximum absolute atomic E-state index is 10.7. The van der Waals surface area contributed by atoms with Crippen molar-refractivity contribution >= 4 is 33.5 Å². The molecule has 0 aliphatic carbocycles. The Morgan fingerprint density at radius 3 is 2.81 bits per heavy atom. The van der Waals surface area contributed by atoms with Crippen LogP contribution >= 0.6 is 27.5 Å². The zero-order chi connectivity index (χ0) is 11.9. The fraction of sp³-hybridized carbons (Fsp3) is 0.111. The van der Waals surface area contributed by atoms with E-state index >= 15 is 0 Å². The first-order chi connectivity index (χ1) is 7.50. The highest BCUT2D eigenvalue weighted by Crippen LogP contribution is 2.35. The molecule has 0 amide bonds. The lowest BCUT2D eigenvalue weighted by Crippen LogP contribution is -1.94. The van der Waals surface area contributed by atoms with E-state index < -0.39 is 5.97 Å². The minimum absolute atomic E-state index is 0.201. The molecule has 1 N–H and O–H groups in total. The van der Waals surface area contributed by atoms with Crippen LogP contribution in [-0.4, -0.2) is 20.9 Å². The molecule has 0 unspecified atom stereocenters. The van der Waals surface area contributed by atoms with Gasteiger partial charge in [0, 0.05) is 13.1 Å². The molecule has 0 saturated carbocycles. The first-order valence-corrected chi connectivity index (χ1v) is 5.38.